The molecule has 0 aromatic heterocycles. The molecule has 0 bridgehead atoms. The molecule has 0 saturated heterocycles. The Morgan fingerprint density at radius 3 is 2.52 bits per heavy atom. The quantitative estimate of drug-likeness (QED) is 0.653. The molecule has 1 atom stereocenters. The smallest absolute Gasteiger partial charge is 0.273 e. The second-order valence-corrected chi connectivity index (χ2v) is 4.33. The van der Waals surface area contributed by atoms with E-state index in [2.05, 4.69) is 0 Å². The summed E-state index contributed by atoms with van der Waals surface area (Å²) in [6.07, 6.45) is -0.824. The monoisotopic (exact) mass is 289 g/mol. The molecule has 21 heavy (non-hydrogen) atoms. The number of hydrogen-bond acceptors (Lipinski definition) is 5. The van der Waals surface area contributed by atoms with Crippen molar-refractivity contribution in [2.75, 3.05) is 13.7 Å². The highest BCUT2D eigenvalue weighted by molar-refractivity contribution is 5.48. The first-order valence-electron chi connectivity index (χ1n) is 6.30. The van der Waals surface area contributed by atoms with Gasteiger partial charge in [-0.25, -0.2) is 0 Å². The lowest BCUT2D eigenvalue weighted by molar-refractivity contribution is -0.385. The molecule has 6 heteroatoms. The fourth-order valence-corrected chi connectivity index (χ4v) is 1.83. The largest absolute Gasteiger partial charge is 0.493 e. The summed E-state index contributed by atoms with van der Waals surface area (Å²) in [6, 6.07) is 13.1. The van der Waals surface area contributed by atoms with Gasteiger partial charge in [0.15, 0.2) is 11.5 Å². The third-order valence-electron chi connectivity index (χ3n) is 2.94. The average Bonchev–Trinajstić information content (AvgIpc) is 2.53. The minimum absolute atomic E-state index is 0.0262. The number of nitro groups is 1. The van der Waals surface area contributed by atoms with E-state index in [-0.39, 0.29) is 18.0 Å². The molecule has 6 nitrogen and oxygen atoms in total. The Hall–Kier alpha value is -2.60. The van der Waals surface area contributed by atoms with Crippen LogP contribution in [0.3, 0.4) is 0 Å². The predicted molar refractivity (Wildman–Crippen MR) is 76.5 cm³/mol. The van der Waals surface area contributed by atoms with Crippen molar-refractivity contribution in [2.24, 2.45) is 0 Å². The van der Waals surface area contributed by atoms with Crippen LogP contribution >= 0.6 is 0 Å². The van der Waals surface area contributed by atoms with Gasteiger partial charge in [-0.05, 0) is 11.6 Å². The molecule has 0 heterocycles. The number of benzene rings is 2. The SMILES string of the molecule is COc1ccc([N+](=O)[O-])cc1OCC(O)c1ccccc1. The highest BCUT2D eigenvalue weighted by Gasteiger charge is 2.14. The van der Waals surface area contributed by atoms with Gasteiger partial charge in [0.2, 0.25) is 0 Å². The van der Waals surface area contributed by atoms with E-state index in [9.17, 15) is 15.2 Å². The van der Waals surface area contributed by atoms with Gasteiger partial charge in [0, 0.05) is 6.07 Å². The summed E-state index contributed by atoms with van der Waals surface area (Å²) in [5, 5.41) is 20.8. The zero-order chi connectivity index (χ0) is 15.2. The van der Waals surface area contributed by atoms with Crippen molar-refractivity contribution < 1.29 is 19.5 Å². The van der Waals surface area contributed by atoms with Crippen LogP contribution in [0.15, 0.2) is 48.5 Å². The molecule has 0 fully saturated rings. The summed E-state index contributed by atoms with van der Waals surface area (Å²) in [5.41, 5.74) is 0.613. The van der Waals surface area contributed by atoms with Gasteiger partial charge >= 0.3 is 0 Å². The van der Waals surface area contributed by atoms with E-state index in [0.29, 0.717) is 11.3 Å². The van der Waals surface area contributed by atoms with Gasteiger partial charge in [-0.15, -0.1) is 0 Å². The van der Waals surface area contributed by atoms with Gasteiger partial charge in [0.1, 0.15) is 12.7 Å². The Labute approximate surface area is 121 Å². The summed E-state index contributed by atoms with van der Waals surface area (Å²) in [7, 11) is 1.45. The third kappa shape index (κ3) is 3.70. The molecular formula is C15H15NO5. The summed E-state index contributed by atoms with van der Waals surface area (Å²) < 4.78 is 10.5. The van der Waals surface area contributed by atoms with Gasteiger partial charge < -0.3 is 14.6 Å². The van der Waals surface area contributed by atoms with Crippen molar-refractivity contribution >= 4 is 5.69 Å². The van der Waals surface area contributed by atoms with Crippen LogP contribution in [0.5, 0.6) is 11.5 Å². The minimum Gasteiger partial charge on any atom is -0.493 e. The summed E-state index contributed by atoms with van der Waals surface area (Å²) in [5.74, 6) is 0.600. The Kier molecular flexibility index (Phi) is 4.73. The molecule has 2 aromatic carbocycles. The molecule has 0 saturated carbocycles. The number of methoxy groups -OCH3 is 1. The summed E-state index contributed by atoms with van der Waals surface area (Å²) in [6.45, 7) is -0.0262. The van der Waals surface area contributed by atoms with Crippen LogP contribution in [0.25, 0.3) is 0 Å². The fourth-order valence-electron chi connectivity index (χ4n) is 1.83. The minimum atomic E-state index is -0.824. The molecule has 1 unspecified atom stereocenters. The maximum atomic E-state index is 10.8. The molecule has 2 aromatic rings. The Balaban J connectivity index is 2.11. The second kappa shape index (κ2) is 6.71. The summed E-state index contributed by atoms with van der Waals surface area (Å²) in [4.78, 5) is 10.3. The van der Waals surface area contributed by atoms with Crippen LogP contribution in [0.4, 0.5) is 5.69 Å². The van der Waals surface area contributed by atoms with Crippen LogP contribution in [0, 0.1) is 10.1 Å². The number of hydrogen-bond donors (Lipinski definition) is 1. The lowest BCUT2D eigenvalue weighted by Gasteiger charge is -2.14. The maximum absolute atomic E-state index is 10.8. The molecular weight excluding hydrogens is 274 g/mol. The Morgan fingerprint density at radius 1 is 1.19 bits per heavy atom. The molecule has 0 radical (unpaired) electrons. The molecule has 2 rings (SSSR count). The molecule has 0 amide bonds. The third-order valence-corrected chi connectivity index (χ3v) is 2.94. The molecule has 1 N–H and O–H groups in total. The zero-order valence-electron chi connectivity index (χ0n) is 11.4. The summed E-state index contributed by atoms with van der Waals surface area (Å²) >= 11 is 0. The highest BCUT2D eigenvalue weighted by Crippen LogP contribution is 2.31. The number of aliphatic hydroxyl groups excluding tert-OH is 1. The van der Waals surface area contributed by atoms with Gasteiger partial charge in [-0.2, -0.15) is 0 Å². The molecule has 110 valence electrons. The van der Waals surface area contributed by atoms with Crippen LogP contribution in [0.2, 0.25) is 0 Å². The first-order chi connectivity index (χ1) is 10.1. The van der Waals surface area contributed by atoms with Gasteiger partial charge in [0.05, 0.1) is 18.1 Å². The highest BCUT2D eigenvalue weighted by atomic mass is 16.6. The van der Waals surface area contributed by atoms with Gasteiger partial charge in [-0.3, -0.25) is 10.1 Å². The molecule has 0 spiro atoms. The van der Waals surface area contributed by atoms with E-state index in [1.165, 1.54) is 25.3 Å². The molecule has 0 aliphatic carbocycles. The topological polar surface area (TPSA) is 81.8 Å². The number of nitro benzene ring substituents is 1. The van der Waals surface area contributed by atoms with Crippen molar-refractivity contribution in [3.05, 3.63) is 64.2 Å². The van der Waals surface area contributed by atoms with E-state index < -0.39 is 11.0 Å². The van der Waals surface area contributed by atoms with Crippen molar-refractivity contribution in [3.8, 4) is 11.5 Å². The normalized spacial score (nSPS) is 11.7. The van der Waals surface area contributed by atoms with E-state index >= 15 is 0 Å². The van der Waals surface area contributed by atoms with E-state index in [1.54, 1.807) is 12.1 Å². The molecule has 0 aliphatic heterocycles. The predicted octanol–water partition coefficient (Wildman–Crippen LogP) is 2.72. The number of ether oxygens (including phenoxy) is 2. The lowest BCUT2D eigenvalue weighted by Crippen LogP contribution is -2.10. The van der Waals surface area contributed by atoms with E-state index in [1.807, 2.05) is 18.2 Å². The maximum Gasteiger partial charge on any atom is 0.273 e. The van der Waals surface area contributed by atoms with Crippen LogP contribution < -0.4 is 9.47 Å². The Bertz CT molecular complexity index is 615. The lowest BCUT2D eigenvalue weighted by atomic mass is 10.1. The number of nitrogens with zero attached hydrogens (tertiary/aromatic N) is 1. The number of non-ortho nitro benzene ring substituents is 1. The van der Waals surface area contributed by atoms with Gasteiger partial charge in [0.25, 0.3) is 5.69 Å². The Morgan fingerprint density at radius 2 is 1.90 bits per heavy atom. The van der Waals surface area contributed by atoms with E-state index in [4.69, 9.17) is 9.47 Å². The average molecular weight is 289 g/mol. The van der Waals surface area contributed by atoms with Crippen molar-refractivity contribution in [2.45, 2.75) is 6.10 Å². The van der Waals surface area contributed by atoms with Gasteiger partial charge in [-0.1, -0.05) is 30.3 Å². The van der Waals surface area contributed by atoms with Crippen LogP contribution in [-0.2, 0) is 0 Å². The van der Waals surface area contributed by atoms with Crippen LogP contribution in [0.1, 0.15) is 11.7 Å². The van der Waals surface area contributed by atoms with Crippen molar-refractivity contribution in [1.29, 1.82) is 0 Å². The van der Waals surface area contributed by atoms with Crippen LogP contribution in [-0.4, -0.2) is 23.7 Å². The standard InChI is InChI=1S/C15H15NO5/c1-20-14-8-7-12(16(18)19)9-15(14)21-10-13(17)11-5-3-2-4-6-11/h2-9,13,17H,10H2,1H3. The number of rotatable bonds is 6. The zero-order valence-corrected chi connectivity index (χ0v) is 11.4. The van der Waals surface area contributed by atoms with E-state index in [0.717, 1.165) is 0 Å². The molecule has 0 aliphatic rings. The van der Waals surface area contributed by atoms with Crippen molar-refractivity contribution in [1.82, 2.24) is 0 Å². The van der Waals surface area contributed by atoms with Crippen molar-refractivity contribution in [3.63, 3.8) is 0 Å². The first kappa shape index (κ1) is 14.8. The first-order valence-corrected chi connectivity index (χ1v) is 6.30. The number of aliphatic hydroxyl groups is 1. The second-order valence-electron chi connectivity index (χ2n) is 4.33. The fraction of sp³-hybridized carbons (Fsp3) is 0.200.